The van der Waals surface area contributed by atoms with Crippen LogP contribution in [0.4, 0.5) is 5.69 Å². The van der Waals surface area contributed by atoms with E-state index in [-0.39, 0.29) is 22.9 Å². The number of phenols is 3. The van der Waals surface area contributed by atoms with Crippen molar-refractivity contribution in [1.82, 2.24) is 0 Å². The maximum absolute atomic E-state index is 9.34. The lowest BCUT2D eigenvalue weighted by Gasteiger charge is -2.06. The highest BCUT2D eigenvalue weighted by atomic mass is 16.3. The fourth-order valence-corrected chi connectivity index (χ4v) is 1.40. The molecule has 0 spiro atoms. The van der Waals surface area contributed by atoms with Gasteiger partial charge in [-0.3, -0.25) is 0 Å². The van der Waals surface area contributed by atoms with E-state index in [0.717, 1.165) is 0 Å². The van der Waals surface area contributed by atoms with Gasteiger partial charge < -0.3 is 21.1 Å². The lowest BCUT2D eigenvalue weighted by molar-refractivity contribution is 0.406. The van der Waals surface area contributed by atoms with Crippen molar-refractivity contribution < 1.29 is 15.3 Å². The Hall–Kier alpha value is -2.10. The van der Waals surface area contributed by atoms with Crippen LogP contribution in [-0.2, 0) is 0 Å². The third-order valence-electron chi connectivity index (χ3n) is 2.12. The zero-order valence-corrected chi connectivity index (χ0v) is 7.23. The lowest BCUT2D eigenvalue weighted by Crippen LogP contribution is -1.88. The summed E-state index contributed by atoms with van der Waals surface area (Å²) in [6.45, 7) is 0. The highest BCUT2D eigenvalue weighted by molar-refractivity contribution is 5.98. The van der Waals surface area contributed by atoms with E-state index in [1.807, 2.05) is 0 Å². The second kappa shape index (κ2) is 2.70. The van der Waals surface area contributed by atoms with Crippen molar-refractivity contribution in [2.45, 2.75) is 0 Å². The molecule has 2 aromatic rings. The van der Waals surface area contributed by atoms with Crippen LogP contribution in [0.15, 0.2) is 24.3 Å². The van der Waals surface area contributed by atoms with Crippen molar-refractivity contribution in [2.75, 3.05) is 5.73 Å². The standard InChI is InChI=1S/C10H9NO3/c11-9-7-2-1-6(12)3-5(7)4-8(13)10(9)14/h1-4,12-14H,11H2. The first kappa shape index (κ1) is 8.50. The average Bonchev–Trinajstić information content (AvgIpc) is 2.14. The molecule has 4 heteroatoms. The molecule has 0 atom stereocenters. The normalized spacial score (nSPS) is 10.6. The first-order valence-electron chi connectivity index (χ1n) is 4.02. The van der Waals surface area contributed by atoms with Crippen LogP contribution in [-0.4, -0.2) is 15.3 Å². The number of rotatable bonds is 0. The fraction of sp³-hybridized carbons (Fsp3) is 0. The monoisotopic (exact) mass is 191 g/mol. The molecule has 0 aliphatic rings. The van der Waals surface area contributed by atoms with E-state index in [9.17, 15) is 15.3 Å². The topological polar surface area (TPSA) is 86.7 Å². The van der Waals surface area contributed by atoms with E-state index in [1.165, 1.54) is 18.2 Å². The summed E-state index contributed by atoms with van der Waals surface area (Å²) in [6.07, 6.45) is 0. The second-order valence-corrected chi connectivity index (χ2v) is 3.06. The molecule has 0 aromatic heterocycles. The molecule has 0 aliphatic heterocycles. The van der Waals surface area contributed by atoms with E-state index < -0.39 is 0 Å². The molecule has 0 radical (unpaired) electrons. The number of hydrogen-bond acceptors (Lipinski definition) is 4. The maximum Gasteiger partial charge on any atom is 0.181 e. The molecule has 0 unspecified atom stereocenters. The second-order valence-electron chi connectivity index (χ2n) is 3.06. The SMILES string of the molecule is Nc1c(O)c(O)cc2cc(O)ccc12. The van der Waals surface area contributed by atoms with Crippen LogP contribution in [0.5, 0.6) is 17.2 Å². The quantitative estimate of drug-likeness (QED) is 0.375. The van der Waals surface area contributed by atoms with Gasteiger partial charge in [0.1, 0.15) is 5.75 Å². The van der Waals surface area contributed by atoms with Crippen LogP contribution in [0.1, 0.15) is 0 Å². The van der Waals surface area contributed by atoms with Crippen LogP contribution in [0.2, 0.25) is 0 Å². The van der Waals surface area contributed by atoms with E-state index in [2.05, 4.69) is 0 Å². The van der Waals surface area contributed by atoms with Crippen LogP contribution in [0, 0.1) is 0 Å². The number of fused-ring (bicyclic) bond motifs is 1. The first-order valence-corrected chi connectivity index (χ1v) is 4.02. The summed E-state index contributed by atoms with van der Waals surface area (Å²) in [7, 11) is 0. The average molecular weight is 191 g/mol. The highest BCUT2D eigenvalue weighted by Gasteiger charge is 2.09. The zero-order chi connectivity index (χ0) is 10.3. The minimum absolute atomic E-state index is 0.0852. The Morgan fingerprint density at radius 1 is 1.00 bits per heavy atom. The molecule has 0 fully saturated rings. The summed E-state index contributed by atoms with van der Waals surface area (Å²) in [5.74, 6) is -0.536. The Balaban J connectivity index is 2.91. The van der Waals surface area contributed by atoms with Gasteiger partial charge in [-0.1, -0.05) is 0 Å². The predicted octanol–water partition coefficient (Wildman–Crippen LogP) is 1.54. The smallest absolute Gasteiger partial charge is 0.181 e. The largest absolute Gasteiger partial charge is 0.508 e. The van der Waals surface area contributed by atoms with Crippen molar-refractivity contribution in [3.63, 3.8) is 0 Å². The molecule has 0 saturated heterocycles. The minimum atomic E-state index is -0.330. The number of aromatic hydroxyl groups is 3. The van der Waals surface area contributed by atoms with Crippen LogP contribution in [0.25, 0.3) is 10.8 Å². The minimum Gasteiger partial charge on any atom is -0.508 e. The fourth-order valence-electron chi connectivity index (χ4n) is 1.40. The number of nitrogens with two attached hydrogens (primary N) is 1. The number of anilines is 1. The van der Waals surface area contributed by atoms with E-state index >= 15 is 0 Å². The molecule has 0 bridgehead atoms. The van der Waals surface area contributed by atoms with Crippen LogP contribution < -0.4 is 5.73 Å². The summed E-state index contributed by atoms with van der Waals surface area (Å²) >= 11 is 0. The number of benzene rings is 2. The van der Waals surface area contributed by atoms with Gasteiger partial charge in [-0.15, -0.1) is 0 Å². The number of phenolic OH excluding ortho intramolecular Hbond substituents is 3. The Kier molecular flexibility index (Phi) is 1.64. The summed E-state index contributed by atoms with van der Waals surface area (Å²) in [4.78, 5) is 0. The van der Waals surface area contributed by atoms with Crippen LogP contribution >= 0.6 is 0 Å². The van der Waals surface area contributed by atoms with Gasteiger partial charge in [-0.25, -0.2) is 0 Å². The van der Waals surface area contributed by atoms with Gasteiger partial charge in [0.25, 0.3) is 0 Å². The molecule has 2 rings (SSSR count). The molecule has 0 aliphatic carbocycles. The van der Waals surface area contributed by atoms with E-state index in [4.69, 9.17) is 5.73 Å². The molecule has 72 valence electrons. The molecule has 14 heavy (non-hydrogen) atoms. The highest BCUT2D eigenvalue weighted by Crippen LogP contribution is 2.38. The number of hydrogen-bond donors (Lipinski definition) is 4. The zero-order valence-electron chi connectivity index (χ0n) is 7.23. The van der Waals surface area contributed by atoms with Gasteiger partial charge in [0.15, 0.2) is 11.5 Å². The van der Waals surface area contributed by atoms with Crippen molar-refractivity contribution in [1.29, 1.82) is 0 Å². The van der Waals surface area contributed by atoms with E-state index in [0.29, 0.717) is 10.8 Å². The Labute approximate surface area is 79.8 Å². The van der Waals surface area contributed by atoms with Crippen molar-refractivity contribution in [2.24, 2.45) is 0 Å². The third kappa shape index (κ3) is 1.08. The molecular formula is C10H9NO3. The van der Waals surface area contributed by atoms with Gasteiger partial charge in [0.2, 0.25) is 0 Å². The molecule has 0 heterocycles. The summed E-state index contributed by atoms with van der Waals surface area (Å²) < 4.78 is 0. The van der Waals surface area contributed by atoms with Crippen LogP contribution in [0.3, 0.4) is 0 Å². The van der Waals surface area contributed by atoms with E-state index in [1.54, 1.807) is 6.07 Å². The Bertz CT molecular complexity index is 508. The summed E-state index contributed by atoms with van der Waals surface area (Å²) in [6, 6.07) is 5.86. The summed E-state index contributed by atoms with van der Waals surface area (Å²) in [5, 5.41) is 29.0. The molecule has 2 aromatic carbocycles. The predicted molar refractivity (Wildman–Crippen MR) is 53.4 cm³/mol. The maximum atomic E-state index is 9.34. The number of nitrogen functional groups attached to an aromatic ring is 1. The Morgan fingerprint density at radius 3 is 2.43 bits per heavy atom. The van der Waals surface area contributed by atoms with Gasteiger partial charge in [-0.2, -0.15) is 0 Å². The molecule has 0 saturated carbocycles. The van der Waals surface area contributed by atoms with Crippen molar-refractivity contribution in [3.8, 4) is 17.2 Å². The molecule has 4 nitrogen and oxygen atoms in total. The van der Waals surface area contributed by atoms with Gasteiger partial charge >= 0.3 is 0 Å². The van der Waals surface area contributed by atoms with Gasteiger partial charge in [0.05, 0.1) is 5.69 Å². The van der Waals surface area contributed by atoms with Gasteiger partial charge in [-0.05, 0) is 29.7 Å². The van der Waals surface area contributed by atoms with Gasteiger partial charge in [0, 0.05) is 5.39 Å². The third-order valence-corrected chi connectivity index (χ3v) is 2.12. The molecule has 0 amide bonds. The Morgan fingerprint density at radius 2 is 1.71 bits per heavy atom. The first-order chi connectivity index (χ1) is 6.59. The lowest BCUT2D eigenvalue weighted by atomic mass is 10.1. The molecule has 5 N–H and O–H groups in total. The van der Waals surface area contributed by atoms with Crippen molar-refractivity contribution in [3.05, 3.63) is 24.3 Å². The van der Waals surface area contributed by atoms with Crippen molar-refractivity contribution >= 4 is 16.5 Å². The molecular weight excluding hydrogens is 182 g/mol. The summed E-state index contributed by atoms with van der Waals surface area (Å²) in [5.41, 5.74) is 5.69.